The molecule has 0 saturated heterocycles. The van der Waals surface area contributed by atoms with E-state index >= 15 is 0 Å². The van der Waals surface area contributed by atoms with Gasteiger partial charge in [0.2, 0.25) is 0 Å². The van der Waals surface area contributed by atoms with Gasteiger partial charge in [0.1, 0.15) is 0 Å². The van der Waals surface area contributed by atoms with Crippen molar-refractivity contribution in [1.82, 2.24) is 0 Å². The predicted molar refractivity (Wildman–Crippen MR) is 63.3 cm³/mol. The largest absolute Gasteiger partial charge is 0.469 e. The van der Waals surface area contributed by atoms with Gasteiger partial charge in [-0.15, -0.1) is 12.4 Å². The zero-order chi connectivity index (χ0) is 10.7. The first kappa shape index (κ1) is 12.2. The number of methoxy groups -OCH3 is 1. The Bertz CT molecular complexity index is 304. The van der Waals surface area contributed by atoms with Gasteiger partial charge in [-0.05, 0) is 50.4 Å². The Morgan fingerprint density at radius 3 is 2.25 bits per heavy atom. The third kappa shape index (κ3) is 1.56. The van der Waals surface area contributed by atoms with Crippen LogP contribution in [0.3, 0.4) is 0 Å². The zero-order valence-corrected chi connectivity index (χ0v) is 10.5. The van der Waals surface area contributed by atoms with Crippen LogP contribution in [0.5, 0.6) is 0 Å². The van der Waals surface area contributed by atoms with Crippen LogP contribution < -0.4 is 5.73 Å². The van der Waals surface area contributed by atoms with Gasteiger partial charge in [-0.2, -0.15) is 0 Å². The second kappa shape index (κ2) is 3.61. The summed E-state index contributed by atoms with van der Waals surface area (Å²) in [7, 11) is 1.50. The number of hydrogen-bond donors (Lipinski definition) is 1. The van der Waals surface area contributed by atoms with Gasteiger partial charge in [0.15, 0.2) is 0 Å². The Hall–Kier alpha value is -0.280. The van der Waals surface area contributed by atoms with Crippen molar-refractivity contribution in [3.63, 3.8) is 0 Å². The molecule has 4 fully saturated rings. The number of nitrogens with two attached hydrogens (primary N) is 1. The first-order valence-corrected chi connectivity index (χ1v) is 5.93. The van der Waals surface area contributed by atoms with E-state index in [4.69, 9.17) is 10.5 Å². The Morgan fingerprint density at radius 2 is 1.81 bits per heavy atom. The minimum atomic E-state index is -0.215. The Balaban J connectivity index is 0.000000963. The molecule has 4 aliphatic rings. The molecule has 0 aromatic heterocycles. The summed E-state index contributed by atoms with van der Waals surface area (Å²) in [4.78, 5) is 11.9. The van der Waals surface area contributed by atoms with Crippen molar-refractivity contribution >= 4 is 18.4 Å². The monoisotopic (exact) mass is 245 g/mol. The van der Waals surface area contributed by atoms with E-state index in [2.05, 4.69) is 0 Å². The van der Waals surface area contributed by atoms with E-state index in [1.54, 1.807) is 0 Å². The van der Waals surface area contributed by atoms with Crippen molar-refractivity contribution in [3.05, 3.63) is 0 Å². The highest BCUT2D eigenvalue weighted by atomic mass is 35.5. The van der Waals surface area contributed by atoms with Crippen molar-refractivity contribution < 1.29 is 9.53 Å². The van der Waals surface area contributed by atoms with Crippen LogP contribution in [0.2, 0.25) is 0 Å². The van der Waals surface area contributed by atoms with Crippen molar-refractivity contribution in [2.45, 2.75) is 44.1 Å². The molecule has 4 atom stereocenters. The van der Waals surface area contributed by atoms with Gasteiger partial charge in [-0.3, -0.25) is 4.79 Å². The molecule has 0 aromatic rings. The van der Waals surface area contributed by atoms with Crippen LogP contribution in [-0.4, -0.2) is 18.6 Å². The molecule has 0 unspecified atom stereocenters. The number of rotatable bonds is 1. The molecule has 4 bridgehead atoms. The van der Waals surface area contributed by atoms with Crippen molar-refractivity contribution in [3.8, 4) is 0 Å². The Kier molecular flexibility index (Phi) is 2.75. The van der Waals surface area contributed by atoms with Gasteiger partial charge in [0.05, 0.1) is 12.5 Å². The van der Waals surface area contributed by atoms with E-state index in [1.165, 1.54) is 13.5 Å². The molecular formula is C12H20ClNO2. The smallest absolute Gasteiger partial charge is 0.311 e. The quantitative estimate of drug-likeness (QED) is 0.718. The standard InChI is InChI=1S/C12H19NO2.ClH/c1-15-10(14)11-3-8-2-9(4-11)6-12(13,5-8)7-11;/h8-9H,2-7,13H2,1H3;1H/t8-,9+,11+,12-;. The Labute approximate surface area is 103 Å². The molecule has 0 radical (unpaired) electrons. The molecule has 0 amide bonds. The van der Waals surface area contributed by atoms with Crippen LogP contribution in [0, 0.1) is 17.3 Å². The lowest BCUT2D eigenvalue weighted by molar-refractivity contribution is -0.170. The maximum Gasteiger partial charge on any atom is 0.311 e. The highest BCUT2D eigenvalue weighted by molar-refractivity contribution is 5.85. The fraction of sp³-hybridized carbons (Fsp3) is 0.917. The first-order chi connectivity index (χ1) is 7.05. The average Bonchev–Trinajstić information content (AvgIpc) is 2.12. The van der Waals surface area contributed by atoms with Gasteiger partial charge < -0.3 is 10.5 Å². The minimum absolute atomic E-state index is 0. The number of carbonyl (C=O) groups is 1. The fourth-order valence-electron chi connectivity index (χ4n) is 4.79. The van der Waals surface area contributed by atoms with E-state index < -0.39 is 0 Å². The van der Waals surface area contributed by atoms with Crippen LogP contribution in [0.4, 0.5) is 0 Å². The molecule has 3 nitrogen and oxygen atoms in total. The molecule has 4 heteroatoms. The Morgan fingerprint density at radius 1 is 1.25 bits per heavy atom. The van der Waals surface area contributed by atoms with Gasteiger partial charge in [-0.25, -0.2) is 0 Å². The molecule has 4 aliphatic carbocycles. The molecule has 16 heavy (non-hydrogen) atoms. The summed E-state index contributed by atoms with van der Waals surface area (Å²) in [5.41, 5.74) is 6.12. The highest BCUT2D eigenvalue weighted by Gasteiger charge is 2.59. The van der Waals surface area contributed by atoms with Crippen molar-refractivity contribution in [2.24, 2.45) is 23.0 Å². The van der Waals surface area contributed by atoms with Gasteiger partial charge in [-0.1, -0.05) is 0 Å². The van der Waals surface area contributed by atoms with E-state index in [-0.39, 0.29) is 29.3 Å². The summed E-state index contributed by atoms with van der Waals surface area (Å²) < 4.78 is 4.99. The molecule has 2 N–H and O–H groups in total. The third-order valence-corrected chi connectivity index (χ3v) is 4.72. The molecule has 0 aromatic carbocycles. The summed E-state index contributed by atoms with van der Waals surface area (Å²) >= 11 is 0. The van der Waals surface area contributed by atoms with Crippen molar-refractivity contribution in [1.29, 1.82) is 0 Å². The summed E-state index contributed by atoms with van der Waals surface area (Å²) in [6, 6.07) is 0. The normalized spacial score (nSPS) is 48.6. The van der Waals surface area contributed by atoms with Gasteiger partial charge >= 0.3 is 5.97 Å². The fourth-order valence-corrected chi connectivity index (χ4v) is 4.79. The lowest BCUT2D eigenvalue weighted by Gasteiger charge is -2.59. The van der Waals surface area contributed by atoms with Crippen LogP contribution >= 0.6 is 12.4 Å². The summed E-state index contributed by atoms with van der Waals surface area (Å²) in [6.07, 6.45) is 6.45. The number of esters is 1. The van der Waals surface area contributed by atoms with Crippen LogP contribution in [-0.2, 0) is 9.53 Å². The maximum absolute atomic E-state index is 11.9. The molecule has 4 rings (SSSR count). The molecular weight excluding hydrogens is 226 g/mol. The zero-order valence-electron chi connectivity index (χ0n) is 9.70. The van der Waals surface area contributed by atoms with E-state index in [0.717, 1.165) is 32.1 Å². The summed E-state index contributed by atoms with van der Waals surface area (Å²) in [5, 5.41) is 0. The molecule has 4 saturated carbocycles. The van der Waals surface area contributed by atoms with Crippen molar-refractivity contribution in [2.75, 3.05) is 7.11 Å². The second-order valence-electron chi connectivity index (χ2n) is 6.10. The first-order valence-electron chi connectivity index (χ1n) is 5.93. The summed E-state index contributed by atoms with van der Waals surface area (Å²) in [5.74, 6) is 1.34. The van der Waals surface area contributed by atoms with E-state index in [9.17, 15) is 4.79 Å². The lowest BCUT2D eigenvalue weighted by Crippen LogP contribution is -2.62. The third-order valence-electron chi connectivity index (χ3n) is 4.72. The molecule has 0 aliphatic heterocycles. The van der Waals surface area contributed by atoms with Crippen LogP contribution in [0.15, 0.2) is 0 Å². The molecule has 0 heterocycles. The van der Waals surface area contributed by atoms with Gasteiger partial charge in [0.25, 0.3) is 0 Å². The number of ether oxygens (including phenoxy) is 1. The second-order valence-corrected chi connectivity index (χ2v) is 6.10. The molecule has 92 valence electrons. The number of halogens is 1. The van der Waals surface area contributed by atoms with Crippen LogP contribution in [0.1, 0.15) is 38.5 Å². The minimum Gasteiger partial charge on any atom is -0.469 e. The number of carbonyl (C=O) groups excluding carboxylic acids is 1. The predicted octanol–water partition coefficient (Wildman–Crippen LogP) is 1.88. The van der Waals surface area contributed by atoms with E-state index in [1.807, 2.05) is 0 Å². The number of hydrogen-bond acceptors (Lipinski definition) is 3. The van der Waals surface area contributed by atoms with Gasteiger partial charge in [0, 0.05) is 5.54 Å². The highest BCUT2D eigenvalue weighted by Crippen LogP contribution is 2.61. The molecule has 0 spiro atoms. The lowest BCUT2D eigenvalue weighted by atomic mass is 9.47. The van der Waals surface area contributed by atoms with Crippen LogP contribution in [0.25, 0.3) is 0 Å². The average molecular weight is 246 g/mol. The van der Waals surface area contributed by atoms with E-state index in [0.29, 0.717) is 11.8 Å². The topological polar surface area (TPSA) is 52.3 Å². The SMILES string of the molecule is COC(=O)[C@@]12C[C@@H]3C[C@@H](C[C@@](N)(C3)C1)C2.Cl. The maximum atomic E-state index is 11.9. The summed E-state index contributed by atoms with van der Waals surface area (Å²) in [6.45, 7) is 0.